The third-order valence-corrected chi connectivity index (χ3v) is 5.18. The van der Waals surface area contributed by atoms with E-state index in [-0.39, 0.29) is 11.9 Å². The zero-order valence-electron chi connectivity index (χ0n) is 15.3. The van der Waals surface area contributed by atoms with Gasteiger partial charge in [0.2, 0.25) is 0 Å². The first-order valence-electron chi connectivity index (χ1n) is 9.28. The van der Waals surface area contributed by atoms with Crippen molar-refractivity contribution in [3.63, 3.8) is 0 Å². The predicted octanol–water partition coefficient (Wildman–Crippen LogP) is 4.24. The van der Waals surface area contributed by atoms with E-state index < -0.39 is 0 Å². The average Bonchev–Trinajstić information content (AvgIpc) is 3.00. The van der Waals surface area contributed by atoms with Gasteiger partial charge in [-0.2, -0.15) is 0 Å². The van der Waals surface area contributed by atoms with Gasteiger partial charge in [-0.25, -0.2) is 0 Å². The van der Waals surface area contributed by atoms with E-state index in [1.807, 2.05) is 37.3 Å². The van der Waals surface area contributed by atoms with Crippen LogP contribution in [-0.2, 0) is 0 Å². The number of hydrogen-bond acceptors (Lipinski definition) is 3. The van der Waals surface area contributed by atoms with Crippen LogP contribution in [0.3, 0.4) is 0 Å². The molecule has 1 aliphatic heterocycles. The van der Waals surface area contributed by atoms with E-state index in [1.165, 1.54) is 31.2 Å². The fourth-order valence-electron chi connectivity index (χ4n) is 3.47. The molecule has 4 nitrogen and oxygen atoms in total. The van der Waals surface area contributed by atoms with E-state index in [2.05, 4.69) is 17.1 Å². The fourth-order valence-corrected chi connectivity index (χ4v) is 3.47. The van der Waals surface area contributed by atoms with E-state index in [4.69, 9.17) is 4.42 Å². The molecule has 1 aliphatic rings. The second-order valence-corrected chi connectivity index (χ2v) is 6.99. The highest BCUT2D eigenvalue weighted by Crippen LogP contribution is 2.24. The normalized spacial score (nSPS) is 17.0. The van der Waals surface area contributed by atoms with Gasteiger partial charge >= 0.3 is 0 Å². The minimum atomic E-state index is -0.0190. The maximum absolute atomic E-state index is 12.6. The lowest BCUT2D eigenvalue weighted by molar-refractivity contribution is 0.0927. The number of carbonyl (C=O) groups is 1. The molecule has 134 valence electrons. The Kier molecular flexibility index (Phi) is 5.92. The Labute approximate surface area is 150 Å². The lowest BCUT2D eigenvalue weighted by atomic mass is 10.1. The fraction of sp³-hybridized carbons (Fsp3) is 0.476. The Morgan fingerprint density at radius 2 is 1.88 bits per heavy atom. The first-order chi connectivity index (χ1) is 12.1. The highest BCUT2D eigenvalue weighted by Gasteiger charge is 2.24. The molecule has 1 fully saturated rings. The van der Waals surface area contributed by atoms with Crippen molar-refractivity contribution in [3.05, 3.63) is 59.0 Å². The summed E-state index contributed by atoms with van der Waals surface area (Å²) in [7, 11) is 0. The third kappa shape index (κ3) is 4.51. The van der Waals surface area contributed by atoms with Crippen molar-refractivity contribution in [2.75, 3.05) is 19.6 Å². The molecule has 0 spiro atoms. The smallest absolute Gasteiger partial charge is 0.251 e. The second kappa shape index (κ2) is 8.34. The second-order valence-electron chi connectivity index (χ2n) is 6.99. The quantitative estimate of drug-likeness (QED) is 0.885. The Morgan fingerprint density at radius 1 is 1.12 bits per heavy atom. The van der Waals surface area contributed by atoms with Crippen LogP contribution in [0.2, 0.25) is 0 Å². The van der Waals surface area contributed by atoms with Crippen LogP contribution in [0.25, 0.3) is 0 Å². The van der Waals surface area contributed by atoms with Crippen molar-refractivity contribution in [3.8, 4) is 0 Å². The molecule has 1 aromatic heterocycles. The molecule has 25 heavy (non-hydrogen) atoms. The Hall–Kier alpha value is -2.07. The maximum Gasteiger partial charge on any atom is 0.251 e. The molecule has 1 N–H and O–H groups in total. The SMILES string of the molecule is Cc1ccc(C(=O)NCC(c2ccco2)N2CCCCCC2)cc1C. The van der Waals surface area contributed by atoms with Crippen LogP contribution in [0.4, 0.5) is 0 Å². The number of likely N-dealkylation sites (tertiary alicyclic amines) is 1. The zero-order chi connectivity index (χ0) is 17.6. The molecule has 2 heterocycles. The number of furan rings is 1. The van der Waals surface area contributed by atoms with Crippen LogP contribution >= 0.6 is 0 Å². The summed E-state index contributed by atoms with van der Waals surface area (Å²) in [6.07, 6.45) is 6.71. The number of amides is 1. The summed E-state index contributed by atoms with van der Waals surface area (Å²) in [6, 6.07) is 9.89. The Bertz CT molecular complexity index is 686. The predicted molar refractivity (Wildman–Crippen MR) is 99.7 cm³/mol. The minimum Gasteiger partial charge on any atom is -0.468 e. The van der Waals surface area contributed by atoms with Crippen LogP contribution in [0.15, 0.2) is 41.0 Å². The summed E-state index contributed by atoms with van der Waals surface area (Å²) in [6.45, 7) is 6.79. The summed E-state index contributed by atoms with van der Waals surface area (Å²) in [5, 5.41) is 3.11. The molecule has 1 amide bonds. The van der Waals surface area contributed by atoms with Crippen LogP contribution in [0.1, 0.15) is 59.0 Å². The number of aryl methyl sites for hydroxylation is 2. The van der Waals surface area contributed by atoms with Crippen molar-refractivity contribution in [1.82, 2.24) is 10.2 Å². The number of nitrogens with one attached hydrogen (secondary N) is 1. The molecule has 0 saturated carbocycles. The maximum atomic E-state index is 12.6. The highest BCUT2D eigenvalue weighted by molar-refractivity contribution is 5.94. The summed E-state index contributed by atoms with van der Waals surface area (Å²) < 4.78 is 5.67. The molecule has 0 bridgehead atoms. The molecule has 1 saturated heterocycles. The average molecular weight is 340 g/mol. The van der Waals surface area contributed by atoms with Crippen molar-refractivity contribution < 1.29 is 9.21 Å². The lowest BCUT2D eigenvalue weighted by Crippen LogP contribution is -2.38. The van der Waals surface area contributed by atoms with Gasteiger partial charge in [0.05, 0.1) is 12.3 Å². The Morgan fingerprint density at radius 3 is 2.52 bits per heavy atom. The van der Waals surface area contributed by atoms with Gasteiger partial charge in [-0.3, -0.25) is 9.69 Å². The molecule has 1 atom stereocenters. The largest absolute Gasteiger partial charge is 0.468 e. The summed E-state index contributed by atoms with van der Waals surface area (Å²) in [4.78, 5) is 15.0. The van der Waals surface area contributed by atoms with Gasteiger partial charge in [-0.15, -0.1) is 0 Å². The van der Waals surface area contributed by atoms with Crippen molar-refractivity contribution in [1.29, 1.82) is 0 Å². The molecule has 0 aliphatic carbocycles. The summed E-state index contributed by atoms with van der Waals surface area (Å²) in [5.41, 5.74) is 3.06. The molecule has 3 rings (SSSR count). The number of nitrogens with zero attached hydrogens (tertiary/aromatic N) is 1. The van der Waals surface area contributed by atoms with Gasteiger partial charge < -0.3 is 9.73 Å². The van der Waals surface area contributed by atoms with Crippen LogP contribution in [0, 0.1) is 13.8 Å². The minimum absolute atomic E-state index is 0.0190. The van der Waals surface area contributed by atoms with E-state index in [9.17, 15) is 4.79 Å². The monoisotopic (exact) mass is 340 g/mol. The van der Waals surface area contributed by atoms with Gasteiger partial charge in [0.15, 0.2) is 0 Å². The van der Waals surface area contributed by atoms with Crippen molar-refractivity contribution in [2.45, 2.75) is 45.6 Å². The molecule has 4 heteroatoms. The lowest BCUT2D eigenvalue weighted by Gasteiger charge is -2.29. The number of carbonyl (C=O) groups excluding carboxylic acids is 1. The van der Waals surface area contributed by atoms with Gasteiger partial charge in [0.25, 0.3) is 5.91 Å². The summed E-state index contributed by atoms with van der Waals surface area (Å²) >= 11 is 0. The number of benzene rings is 1. The van der Waals surface area contributed by atoms with Gasteiger partial charge in [0, 0.05) is 12.1 Å². The standard InChI is InChI=1S/C21H28N2O2/c1-16-9-10-18(14-17(16)2)21(24)22-15-19(20-8-7-13-25-20)23-11-5-3-4-6-12-23/h7-10,13-14,19H,3-6,11-12,15H2,1-2H3,(H,22,24). The van der Waals surface area contributed by atoms with E-state index in [1.54, 1.807) is 6.26 Å². The van der Waals surface area contributed by atoms with Gasteiger partial charge in [-0.05, 0) is 75.2 Å². The Balaban J connectivity index is 1.69. The number of rotatable bonds is 5. The molecule has 2 aromatic rings. The molecule has 0 radical (unpaired) electrons. The van der Waals surface area contributed by atoms with Crippen LogP contribution in [0.5, 0.6) is 0 Å². The highest BCUT2D eigenvalue weighted by atomic mass is 16.3. The molecule has 1 aromatic carbocycles. The van der Waals surface area contributed by atoms with Crippen molar-refractivity contribution in [2.24, 2.45) is 0 Å². The number of hydrogen-bond donors (Lipinski definition) is 1. The van der Waals surface area contributed by atoms with E-state index in [0.29, 0.717) is 6.54 Å². The van der Waals surface area contributed by atoms with Gasteiger partial charge in [-0.1, -0.05) is 18.9 Å². The zero-order valence-corrected chi connectivity index (χ0v) is 15.3. The van der Waals surface area contributed by atoms with Crippen molar-refractivity contribution >= 4 is 5.91 Å². The topological polar surface area (TPSA) is 45.5 Å². The van der Waals surface area contributed by atoms with E-state index >= 15 is 0 Å². The molecular formula is C21H28N2O2. The third-order valence-electron chi connectivity index (χ3n) is 5.18. The van der Waals surface area contributed by atoms with Crippen LogP contribution in [-0.4, -0.2) is 30.4 Å². The summed E-state index contributed by atoms with van der Waals surface area (Å²) in [5.74, 6) is 0.914. The first-order valence-corrected chi connectivity index (χ1v) is 9.28. The molecular weight excluding hydrogens is 312 g/mol. The molecule has 1 unspecified atom stereocenters. The first kappa shape index (κ1) is 17.7. The van der Waals surface area contributed by atoms with Crippen LogP contribution < -0.4 is 5.32 Å². The van der Waals surface area contributed by atoms with Gasteiger partial charge in [0.1, 0.15) is 5.76 Å². The van der Waals surface area contributed by atoms with E-state index in [0.717, 1.165) is 30.0 Å².